The molecular weight excluding hydrogens is 200 g/mol. The molecule has 1 N–H and O–H groups in total. The number of fused-ring (bicyclic) bond motifs is 1. The highest BCUT2D eigenvalue weighted by atomic mass is 32.1. The average Bonchev–Trinajstić information content (AvgIpc) is 2.55. The van der Waals surface area contributed by atoms with Crippen molar-refractivity contribution in [1.29, 1.82) is 0 Å². The van der Waals surface area contributed by atoms with E-state index in [0.717, 1.165) is 17.1 Å². The van der Waals surface area contributed by atoms with Crippen molar-refractivity contribution in [2.75, 3.05) is 7.05 Å². The van der Waals surface area contributed by atoms with Crippen LogP contribution in [0.5, 0.6) is 0 Å². The van der Waals surface area contributed by atoms with E-state index in [1.807, 2.05) is 7.05 Å². The van der Waals surface area contributed by atoms with Crippen molar-refractivity contribution in [3.8, 4) is 0 Å². The molecule has 0 aromatic carbocycles. The zero-order chi connectivity index (χ0) is 10.5. The fourth-order valence-electron chi connectivity index (χ4n) is 1.62. The van der Waals surface area contributed by atoms with Crippen LogP contribution in [-0.4, -0.2) is 28.0 Å². The molecule has 0 aliphatic carbocycles. The highest BCUT2D eigenvalue weighted by Gasteiger charge is 2.38. The molecule has 2 rings (SSSR count). The van der Waals surface area contributed by atoms with Crippen molar-refractivity contribution in [3.05, 3.63) is 15.6 Å². The first kappa shape index (κ1) is 9.61. The number of carboxylic acids is 1. The molecule has 76 valence electrons. The van der Waals surface area contributed by atoms with Crippen molar-refractivity contribution in [2.24, 2.45) is 0 Å². The molecule has 0 unspecified atom stereocenters. The lowest BCUT2D eigenvalue weighted by molar-refractivity contribution is 0.0695. The number of hydrogen-bond acceptors (Lipinski definition) is 4. The van der Waals surface area contributed by atoms with Gasteiger partial charge >= 0.3 is 5.97 Å². The molecule has 0 saturated heterocycles. The monoisotopic (exact) mass is 212 g/mol. The minimum absolute atomic E-state index is 0.139. The first-order valence-corrected chi connectivity index (χ1v) is 5.19. The molecule has 0 amide bonds. The van der Waals surface area contributed by atoms with Crippen LogP contribution in [0.4, 0.5) is 0 Å². The van der Waals surface area contributed by atoms with E-state index in [4.69, 9.17) is 5.11 Å². The van der Waals surface area contributed by atoms with Crippen LogP contribution in [0.3, 0.4) is 0 Å². The van der Waals surface area contributed by atoms with Crippen LogP contribution >= 0.6 is 11.3 Å². The Labute approximate surface area is 86.2 Å². The molecule has 14 heavy (non-hydrogen) atoms. The van der Waals surface area contributed by atoms with Crippen LogP contribution < -0.4 is 0 Å². The predicted octanol–water partition coefficient (Wildman–Crippen LogP) is 1.52. The van der Waals surface area contributed by atoms with Gasteiger partial charge in [0, 0.05) is 11.4 Å². The zero-order valence-electron chi connectivity index (χ0n) is 8.37. The first-order chi connectivity index (χ1) is 6.43. The molecule has 0 bridgehead atoms. The largest absolute Gasteiger partial charge is 0.476 e. The van der Waals surface area contributed by atoms with Gasteiger partial charge in [0.05, 0.1) is 11.2 Å². The smallest absolute Gasteiger partial charge is 0.365 e. The van der Waals surface area contributed by atoms with Crippen molar-refractivity contribution in [3.63, 3.8) is 0 Å². The van der Waals surface area contributed by atoms with Gasteiger partial charge in [-0.3, -0.25) is 4.90 Å². The molecular formula is C9H12N2O2S. The molecule has 1 aromatic heterocycles. The summed E-state index contributed by atoms with van der Waals surface area (Å²) in [7, 11) is 2.02. The SMILES string of the molecule is CN1Cc2sc(C(=O)O)nc2C1(C)C. The standard InChI is InChI=1S/C9H12N2O2S/c1-9(2)6-5(4-11(9)3)14-7(10-6)8(12)13/h4H2,1-3H3,(H,12,13). The summed E-state index contributed by atoms with van der Waals surface area (Å²) in [5, 5.41) is 9.02. The van der Waals surface area contributed by atoms with Gasteiger partial charge in [0.25, 0.3) is 0 Å². The summed E-state index contributed by atoms with van der Waals surface area (Å²) in [6.07, 6.45) is 0. The summed E-state index contributed by atoms with van der Waals surface area (Å²) in [6, 6.07) is 0. The maximum atomic E-state index is 10.7. The molecule has 0 spiro atoms. The number of carbonyl (C=O) groups is 1. The Balaban J connectivity index is 2.48. The number of aromatic carboxylic acids is 1. The predicted molar refractivity (Wildman–Crippen MR) is 53.6 cm³/mol. The van der Waals surface area contributed by atoms with Gasteiger partial charge in [-0.25, -0.2) is 9.78 Å². The topological polar surface area (TPSA) is 53.4 Å². The quantitative estimate of drug-likeness (QED) is 0.767. The van der Waals surface area contributed by atoms with Crippen LogP contribution in [0.2, 0.25) is 0 Å². The summed E-state index contributed by atoms with van der Waals surface area (Å²) >= 11 is 1.28. The molecule has 4 nitrogen and oxygen atoms in total. The lowest BCUT2D eigenvalue weighted by atomic mass is 10.0. The number of carboxylic acid groups (broad SMARTS) is 1. The minimum Gasteiger partial charge on any atom is -0.476 e. The van der Waals surface area contributed by atoms with Gasteiger partial charge in [-0.05, 0) is 20.9 Å². The van der Waals surface area contributed by atoms with E-state index in [1.165, 1.54) is 11.3 Å². The molecule has 0 atom stereocenters. The van der Waals surface area contributed by atoms with Crippen molar-refractivity contribution in [1.82, 2.24) is 9.88 Å². The lowest BCUT2D eigenvalue weighted by Crippen LogP contribution is -2.32. The average molecular weight is 212 g/mol. The van der Waals surface area contributed by atoms with Crippen molar-refractivity contribution >= 4 is 17.3 Å². The van der Waals surface area contributed by atoms with E-state index < -0.39 is 5.97 Å². The maximum Gasteiger partial charge on any atom is 0.365 e. The van der Waals surface area contributed by atoms with E-state index in [0.29, 0.717) is 0 Å². The van der Waals surface area contributed by atoms with Crippen molar-refractivity contribution in [2.45, 2.75) is 25.9 Å². The Hall–Kier alpha value is -0.940. The van der Waals surface area contributed by atoms with Gasteiger partial charge in [0.2, 0.25) is 5.01 Å². The van der Waals surface area contributed by atoms with E-state index >= 15 is 0 Å². The number of thiazole rings is 1. The second kappa shape index (κ2) is 2.77. The summed E-state index contributed by atoms with van der Waals surface area (Å²) in [5.41, 5.74) is 0.780. The molecule has 2 heterocycles. The third kappa shape index (κ3) is 1.16. The van der Waals surface area contributed by atoms with E-state index in [1.54, 1.807) is 0 Å². The maximum absolute atomic E-state index is 10.7. The number of rotatable bonds is 1. The summed E-state index contributed by atoms with van der Waals surface area (Å²) in [5.74, 6) is -0.928. The van der Waals surface area contributed by atoms with Gasteiger partial charge in [0.15, 0.2) is 0 Å². The second-order valence-electron chi connectivity index (χ2n) is 4.01. The van der Waals surface area contributed by atoms with E-state index in [9.17, 15) is 4.79 Å². The lowest BCUT2D eigenvalue weighted by Gasteiger charge is -2.27. The summed E-state index contributed by atoms with van der Waals surface area (Å²) in [4.78, 5) is 18.2. The van der Waals surface area contributed by atoms with Gasteiger partial charge in [0.1, 0.15) is 0 Å². The third-order valence-corrected chi connectivity index (χ3v) is 3.82. The Morgan fingerprint density at radius 1 is 1.64 bits per heavy atom. The molecule has 1 aromatic rings. The highest BCUT2D eigenvalue weighted by molar-refractivity contribution is 7.13. The molecule has 1 aliphatic rings. The first-order valence-electron chi connectivity index (χ1n) is 4.37. The molecule has 0 saturated carbocycles. The fraction of sp³-hybridized carbons (Fsp3) is 0.556. The number of nitrogens with zero attached hydrogens (tertiary/aromatic N) is 2. The Morgan fingerprint density at radius 3 is 2.79 bits per heavy atom. The highest BCUT2D eigenvalue weighted by Crippen LogP contribution is 2.39. The number of aromatic nitrogens is 1. The van der Waals surface area contributed by atoms with Crippen LogP contribution in [-0.2, 0) is 12.1 Å². The normalized spacial score (nSPS) is 19.6. The number of hydrogen-bond donors (Lipinski definition) is 1. The molecule has 0 fully saturated rings. The fourth-order valence-corrected chi connectivity index (χ4v) is 2.73. The van der Waals surface area contributed by atoms with Gasteiger partial charge in [-0.15, -0.1) is 11.3 Å². The summed E-state index contributed by atoms with van der Waals surface area (Å²) < 4.78 is 0. The Morgan fingerprint density at radius 2 is 2.29 bits per heavy atom. The molecule has 5 heteroatoms. The summed E-state index contributed by atoms with van der Waals surface area (Å²) in [6.45, 7) is 4.92. The molecule has 0 radical (unpaired) electrons. The van der Waals surface area contributed by atoms with Gasteiger partial charge in [-0.1, -0.05) is 0 Å². The second-order valence-corrected chi connectivity index (χ2v) is 5.09. The van der Waals surface area contributed by atoms with Gasteiger partial charge < -0.3 is 5.11 Å². The van der Waals surface area contributed by atoms with E-state index in [2.05, 4.69) is 23.7 Å². The van der Waals surface area contributed by atoms with Gasteiger partial charge in [-0.2, -0.15) is 0 Å². The van der Waals surface area contributed by atoms with Crippen LogP contribution in [0.1, 0.15) is 34.2 Å². The Bertz CT molecular complexity index is 398. The van der Waals surface area contributed by atoms with Crippen molar-refractivity contribution < 1.29 is 9.90 Å². The Kier molecular flexibility index (Phi) is 1.90. The van der Waals surface area contributed by atoms with Crippen LogP contribution in [0, 0.1) is 0 Å². The zero-order valence-corrected chi connectivity index (χ0v) is 9.18. The van der Waals surface area contributed by atoms with E-state index in [-0.39, 0.29) is 10.5 Å². The third-order valence-electron chi connectivity index (χ3n) is 2.79. The minimum atomic E-state index is -0.928. The molecule has 1 aliphatic heterocycles. The van der Waals surface area contributed by atoms with Crippen LogP contribution in [0.15, 0.2) is 0 Å². The van der Waals surface area contributed by atoms with Crippen LogP contribution in [0.25, 0.3) is 0 Å².